The van der Waals surface area contributed by atoms with Crippen LogP contribution in [0.5, 0.6) is 0 Å². The van der Waals surface area contributed by atoms with E-state index in [0.29, 0.717) is 11.5 Å². The summed E-state index contributed by atoms with van der Waals surface area (Å²) in [5.41, 5.74) is 0.366. The Morgan fingerprint density at radius 2 is 2.09 bits per heavy atom. The number of sulfonamides is 1. The van der Waals surface area contributed by atoms with E-state index in [-0.39, 0.29) is 17.5 Å². The van der Waals surface area contributed by atoms with Crippen molar-refractivity contribution >= 4 is 10.0 Å². The number of hydrogen-bond donors (Lipinski definition) is 1. The Kier molecular flexibility index (Phi) is 4.56. The van der Waals surface area contributed by atoms with Crippen LogP contribution in [-0.2, 0) is 10.0 Å². The third kappa shape index (κ3) is 3.34. The number of aromatic nitrogens is 1. The Morgan fingerprint density at radius 1 is 1.35 bits per heavy atom. The smallest absolute Gasteiger partial charge is 0.246 e. The topological polar surface area (TPSA) is 88.6 Å². The predicted molar refractivity (Wildman–Crippen MR) is 83.4 cm³/mol. The van der Waals surface area contributed by atoms with Crippen molar-refractivity contribution in [3.05, 3.63) is 35.6 Å². The molecule has 1 fully saturated rings. The third-order valence-electron chi connectivity index (χ3n) is 4.16. The highest BCUT2D eigenvalue weighted by atomic mass is 32.2. The molecule has 23 heavy (non-hydrogen) atoms. The van der Waals surface area contributed by atoms with Gasteiger partial charge in [0.2, 0.25) is 10.0 Å². The number of likely N-dealkylation sites (tertiary alicyclic amines) is 1. The van der Waals surface area contributed by atoms with Crippen molar-refractivity contribution in [2.45, 2.75) is 37.6 Å². The maximum absolute atomic E-state index is 12.6. The van der Waals surface area contributed by atoms with Crippen LogP contribution in [-0.4, -0.2) is 38.1 Å². The van der Waals surface area contributed by atoms with Crippen molar-refractivity contribution in [3.63, 3.8) is 0 Å². The zero-order chi connectivity index (χ0) is 16.4. The van der Waals surface area contributed by atoms with Gasteiger partial charge in [-0.25, -0.2) is 13.1 Å². The van der Waals surface area contributed by atoms with E-state index in [0.717, 1.165) is 31.7 Å². The SMILES string of the molecule is Cc1noc(C)c1S(=O)(=O)NC[C@@H](c1ccco1)N1CCCC1. The molecular formula is C15H21N3O4S. The van der Waals surface area contributed by atoms with Gasteiger partial charge in [-0.1, -0.05) is 5.16 Å². The number of rotatable bonds is 6. The Balaban J connectivity index is 1.79. The minimum Gasteiger partial charge on any atom is -0.468 e. The molecule has 1 aliphatic rings. The molecule has 1 aliphatic heterocycles. The quantitative estimate of drug-likeness (QED) is 0.866. The zero-order valence-corrected chi connectivity index (χ0v) is 14.1. The lowest BCUT2D eigenvalue weighted by Crippen LogP contribution is -2.36. The first-order valence-electron chi connectivity index (χ1n) is 7.69. The molecule has 0 saturated carbocycles. The molecule has 0 amide bonds. The number of nitrogens with zero attached hydrogens (tertiary/aromatic N) is 2. The summed E-state index contributed by atoms with van der Waals surface area (Å²) in [5, 5.41) is 3.71. The first kappa shape index (κ1) is 16.2. The minimum absolute atomic E-state index is 0.109. The van der Waals surface area contributed by atoms with Gasteiger partial charge in [-0.05, 0) is 51.9 Å². The summed E-state index contributed by atoms with van der Waals surface area (Å²) in [7, 11) is -3.67. The second-order valence-electron chi connectivity index (χ2n) is 5.78. The zero-order valence-electron chi connectivity index (χ0n) is 13.3. The van der Waals surface area contributed by atoms with E-state index in [4.69, 9.17) is 8.94 Å². The summed E-state index contributed by atoms with van der Waals surface area (Å²) in [5.74, 6) is 1.07. The molecule has 8 heteroatoms. The van der Waals surface area contributed by atoms with Crippen LogP contribution in [0.3, 0.4) is 0 Å². The van der Waals surface area contributed by atoms with Crippen LogP contribution in [0.1, 0.15) is 36.1 Å². The predicted octanol–water partition coefficient (Wildman–Crippen LogP) is 2.00. The summed E-state index contributed by atoms with van der Waals surface area (Å²) < 4.78 is 38.3. The first-order chi connectivity index (χ1) is 11.0. The maximum Gasteiger partial charge on any atom is 0.246 e. The lowest BCUT2D eigenvalue weighted by Gasteiger charge is -2.25. The second kappa shape index (κ2) is 6.46. The van der Waals surface area contributed by atoms with Gasteiger partial charge in [0.05, 0.1) is 12.3 Å². The van der Waals surface area contributed by atoms with E-state index in [1.807, 2.05) is 12.1 Å². The number of hydrogen-bond acceptors (Lipinski definition) is 6. The van der Waals surface area contributed by atoms with E-state index in [9.17, 15) is 8.42 Å². The average molecular weight is 339 g/mol. The average Bonchev–Trinajstić information content (AvgIpc) is 3.22. The van der Waals surface area contributed by atoms with Crippen LogP contribution < -0.4 is 4.72 Å². The van der Waals surface area contributed by atoms with Gasteiger partial charge in [-0.2, -0.15) is 0 Å². The highest BCUT2D eigenvalue weighted by Gasteiger charge is 2.29. The van der Waals surface area contributed by atoms with Crippen LogP contribution in [0.15, 0.2) is 32.2 Å². The standard InChI is InChI=1S/C15H21N3O4S/c1-11-15(12(2)22-17-11)23(19,20)16-10-13(14-6-5-9-21-14)18-7-3-4-8-18/h5-6,9,13,16H,3-4,7-8,10H2,1-2H3/t13-/m0/s1. The van der Waals surface area contributed by atoms with Crippen LogP contribution >= 0.6 is 0 Å². The van der Waals surface area contributed by atoms with Crippen molar-refractivity contribution in [2.24, 2.45) is 0 Å². The lowest BCUT2D eigenvalue weighted by molar-refractivity contribution is 0.216. The Bertz CT molecular complexity index is 726. The monoisotopic (exact) mass is 339 g/mol. The van der Waals surface area contributed by atoms with Gasteiger partial charge in [0, 0.05) is 6.54 Å². The molecule has 1 N–H and O–H groups in total. The number of nitrogens with one attached hydrogen (secondary N) is 1. The molecule has 0 unspecified atom stereocenters. The van der Waals surface area contributed by atoms with Crippen molar-refractivity contribution in [1.29, 1.82) is 0 Å². The Hall–Kier alpha value is -1.64. The van der Waals surface area contributed by atoms with E-state index >= 15 is 0 Å². The molecule has 0 aromatic carbocycles. The molecule has 0 aliphatic carbocycles. The van der Waals surface area contributed by atoms with Gasteiger partial charge in [0.15, 0.2) is 5.76 Å². The fourth-order valence-corrected chi connectivity index (χ4v) is 4.43. The molecule has 0 spiro atoms. The summed E-state index contributed by atoms with van der Waals surface area (Å²) in [6.07, 6.45) is 3.85. The van der Waals surface area contributed by atoms with Crippen LogP contribution in [0.2, 0.25) is 0 Å². The van der Waals surface area contributed by atoms with Gasteiger partial charge in [0.25, 0.3) is 0 Å². The third-order valence-corrected chi connectivity index (χ3v) is 5.82. The summed E-state index contributed by atoms with van der Waals surface area (Å²) in [6.45, 7) is 5.35. The molecule has 0 radical (unpaired) electrons. The van der Waals surface area contributed by atoms with Crippen molar-refractivity contribution in [1.82, 2.24) is 14.8 Å². The van der Waals surface area contributed by atoms with E-state index in [1.165, 1.54) is 0 Å². The molecule has 0 bridgehead atoms. The molecule has 3 rings (SSSR count). The molecule has 3 heterocycles. The molecular weight excluding hydrogens is 318 g/mol. The van der Waals surface area contributed by atoms with Crippen molar-refractivity contribution in [3.8, 4) is 0 Å². The molecule has 7 nitrogen and oxygen atoms in total. The lowest BCUT2D eigenvalue weighted by atomic mass is 10.2. The summed E-state index contributed by atoms with van der Waals surface area (Å²) >= 11 is 0. The fraction of sp³-hybridized carbons (Fsp3) is 0.533. The number of furan rings is 1. The summed E-state index contributed by atoms with van der Waals surface area (Å²) in [4.78, 5) is 2.37. The van der Waals surface area contributed by atoms with E-state index in [1.54, 1.807) is 20.1 Å². The molecule has 1 saturated heterocycles. The van der Waals surface area contributed by atoms with Crippen LogP contribution in [0.4, 0.5) is 0 Å². The molecule has 1 atom stereocenters. The van der Waals surface area contributed by atoms with Crippen molar-refractivity contribution in [2.75, 3.05) is 19.6 Å². The van der Waals surface area contributed by atoms with Crippen LogP contribution in [0.25, 0.3) is 0 Å². The van der Waals surface area contributed by atoms with E-state index in [2.05, 4.69) is 14.8 Å². The Morgan fingerprint density at radius 3 is 2.65 bits per heavy atom. The van der Waals surface area contributed by atoms with Gasteiger partial charge >= 0.3 is 0 Å². The van der Waals surface area contributed by atoms with Gasteiger partial charge in [0.1, 0.15) is 16.3 Å². The Labute approximate surface area is 135 Å². The molecule has 2 aromatic rings. The minimum atomic E-state index is -3.67. The second-order valence-corrected chi connectivity index (χ2v) is 7.48. The first-order valence-corrected chi connectivity index (χ1v) is 9.17. The largest absolute Gasteiger partial charge is 0.468 e. The maximum atomic E-state index is 12.6. The highest BCUT2D eigenvalue weighted by molar-refractivity contribution is 7.89. The van der Waals surface area contributed by atoms with Crippen molar-refractivity contribution < 1.29 is 17.4 Å². The normalized spacial score (nSPS) is 17.7. The number of aryl methyl sites for hydroxylation is 2. The molecule has 126 valence electrons. The summed E-state index contributed by atoms with van der Waals surface area (Å²) in [6, 6.07) is 3.59. The highest BCUT2D eigenvalue weighted by Crippen LogP contribution is 2.26. The van der Waals surface area contributed by atoms with Gasteiger partial charge in [-0.15, -0.1) is 0 Å². The fourth-order valence-electron chi connectivity index (χ4n) is 3.06. The van der Waals surface area contributed by atoms with E-state index < -0.39 is 10.0 Å². The van der Waals surface area contributed by atoms with Gasteiger partial charge in [-0.3, -0.25) is 4.90 Å². The van der Waals surface area contributed by atoms with Gasteiger partial charge < -0.3 is 8.94 Å². The molecule has 2 aromatic heterocycles. The van der Waals surface area contributed by atoms with Crippen LogP contribution in [0, 0.1) is 13.8 Å².